The summed E-state index contributed by atoms with van der Waals surface area (Å²) >= 11 is 0. The molecular weight excluding hydrogens is 414 g/mol. The summed E-state index contributed by atoms with van der Waals surface area (Å²) < 4.78 is 32.8. The molecule has 1 aliphatic carbocycles. The van der Waals surface area contributed by atoms with Gasteiger partial charge in [-0.05, 0) is 49.7 Å². The zero-order chi connectivity index (χ0) is 21.8. The van der Waals surface area contributed by atoms with E-state index in [0.717, 1.165) is 25.7 Å². The highest BCUT2D eigenvalue weighted by Gasteiger charge is 2.37. The van der Waals surface area contributed by atoms with E-state index in [1.54, 1.807) is 6.07 Å². The van der Waals surface area contributed by atoms with Crippen LogP contribution in [0.5, 0.6) is 0 Å². The lowest BCUT2D eigenvalue weighted by Crippen LogP contribution is -2.48. The molecule has 2 heterocycles. The lowest BCUT2D eigenvalue weighted by Gasteiger charge is -2.33. The number of aromatic nitrogens is 1. The molecule has 7 nitrogen and oxygen atoms in total. The predicted octanol–water partition coefficient (Wildman–Crippen LogP) is 2.61. The predicted molar refractivity (Wildman–Crippen MR) is 122 cm³/mol. The fourth-order valence-corrected chi connectivity index (χ4v) is 5.72. The van der Waals surface area contributed by atoms with E-state index in [1.165, 1.54) is 17.9 Å². The molecule has 8 heteroatoms. The molecule has 2 aromatic rings. The molecule has 2 fully saturated rings. The van der Waals surface area contributed by atoms with Gasteiger partial charge < -0.3 is 14.6 Å². The number of aromatic amines is 1. The fourth-order valence-electron chi connectivity index (χ4n) is 4.90. The molecule has 0 radical (unpaired) electrons. The second-order valence-corrected chi connectivity index (χ2v) is 10.4. The molecule has 31 heavy (non-hydrogen) atoms. The van der Waals surface area contributed by atoms with Crippen molar-refractivity contribution in [3.8, 4) is 0 Å². The van der Waals surface area contributed by atoms with Crippen LogP contribution < -0.4 is 15.2 Å². The van der Waals surface area contributed by atoms with Crippen LogP contribution in [-0.4, -0.2) is 51.0 Å². The molecule has 0 unspecified atom stereocenters. The molecule has 1 saturated carbocycles. The van der Waals surface area contributed by atoms with Crippen LogP contribution in [0.15, 0.2) is 53.3 Å². The molecule has 1 aromatic heterocycles. The van der Waals surface area contributed by atoms with Gasteiger partial charge in [-0.3, -0.25) is 4.79 Å². The van der Waals surface area contributed by atoms with Crippen LogP contribution in [0.2, 0.25) is 0 Å². The summed E-state index contributed by atoms with van der Waals surface area (Å²) in [5.41, 5.74) is 1.23. The Morgan fingerprint density at radius 1 is 1.03 bits per heavy atom. The van der Waals surface area contributed by atoms with Gasteiger partial charge in [0.2, 0.25) is 15.6 Å². The van der Waals surface area contributed by atoms with E-state index in [1.807, 2.05) is 12.1 Å². The van der Waals surface area contributed by atoms with Crippen LogP contribution in [0.25, 0.3) is 0 Å². The van der Waals surface area contributed by atoms with Crippen LogP contribution >= 0.6 is 0 Å². The Bertz CT molecular complexity index is 1020. The number of nitrogens with zero attached hydrogens (tertiary/aromatic N) is 1. The Hall–Kier alpha value is -2.16. The number of rotatable bonds is 7. The quantitative estimate of drug-likeness (QED) is 0.684. The maximum atomic E-state index is 11.9. The van der Waals surface area contributed by atoms with Gasteiger partial charge in [0.15, 0.2) is 0 Å². The van der Waals surface area contributed by atoms with Crippen molar-refractivity contribution in [1.29, 1.82) is 0 Å². The van der Waals surface area contributed by atoms with Crippen molar-refractivity contribution in [2.75, 3.05) is 24.3 Å². The first-order valence-electron chi connectivity index (χ1n) is 11.0. The summed E-state index contributed by atoms with van der Waals surface area (Å²) in [5, 5.41) is 0. The van der Waals surface area contributed by atoms with E-state index in [2.05, 4.69) is 38.9 Å². The second-order valence-electron chi connectivity index (χ2n) is 8.66. The van der Waals surface area contributed by atoms with E-state index in [9.17, 15) is 13.2 Å². The van der Waals surface area contributed by atoms with Gasteiger partial charge in [-0.25, -0.2) is 13.1 Å². The Morgan fingerprint density at radius 3 is 2.45 bits per heavy atom. The molecule has 2 aliphatic rings. The van der Waals surface area contributed by atoms with Gasteiger partial charge >= 0.3 is 0 Å². The molecule has 2 N–H and O–H groups in total. The van der Waals surface area contributed by atoms with E-state index in [0.29, 0.717) is 31.3 Å². The van der Waals surface area contributed by atoms with E-state index >= 15 is 0 Å². The number of ether oxygens (including phenoxy) is 1. The summed E-state index contributed by atoms with van der Waals surface area (Å²) in [6.45, 7) is 1.08. The minimum Gasteiger partial charge on any atom is -0.376 e. The van der Waals surface area contributed by atoms with Crippen molar-refractivity contribution in [2.24, 2.45) is 0 Å². The maximum Gasteiger partial charge on any atom is 0.249 e. The Morgan fingerprint density at radius 2 is 1.77 bits per heavy atom. The van der Waals surface area contributed by atoms with Crippen LogP contribution in [0, 0.1) is 0 Å². The minimum absolute atomic E-state index is 0.167. The third-order valence-electron chi connectivity index (χ3n) is 6.42. The number of hydrogen-bond acceptors (Lipinski definition) is 5. The highest BCUT2D eigenvalue weighted by Crippen LogP contribution is 2.34. The van der Waals surface area contributed by atoms with Crippen molar-refractivity contribution in [1.82, 2.24) is 9.71 Å². The van der Waals surface area contributed by atoms with Crippen molar-refractivity contribution >= 4 is 15.8 Å². The minimum atomic E-state index is -3.34. The average molecular weight is 446 g/mol. The molecule has 4 rings (SSSR count). The first-order valence-corrected chi connectivity index (χ1v) is 12.9. The zero-order valence-electron chi connectivity index (χ0n) is 17.9. The van der Waals surface area contributed by atoms with Crippen molar-refractivity contribution in [3.63, 3.8) is 0 Å². The molecule has 0 spiro atoms. The van der Waals surface area contributed by atoms with Crippen LogP contribution in [0.3, 0.4) is 0 Å². The Kier molecular flexibility index (Phi) is 6.79. The summed E-state index contributed by atoms with van der Waals surface area (Å²) in [6.07, 6.45) is 6.22. The maximum absolute atomic E-state index is 11.9. The van der Waals surface area contributed by atoms with Crippen molar-refractivity contribution in [3.05, 3.63) is 64.4 Å². The van der Waals surface area contributed by atoms with Gasteiger partial charge in [0.25, 0.3) is 0 Å². The molecule has 1 aliphatic heterocycles. The Labute approximate surface area is 183 Å². The van der Waals surface area contributed by atoms with Gasteiger partial charge in [-0.2, -0.15) is 0 Å². The smallest absolute Gasteiger partial charge is 0.249 e. The summed E-state index contributed by atoms with van der Waals surface area (Å²) in [4.78, 5) is 16.7. The molecular formula is C23H31N3O4S. The second kappa shape index (κ2) is 9.54. The SMILES string of the molecule is CS(=O)(=O)N[C@H]1CCN(c2cccc(=O)[nH]2)[C@H]1COC1CCC(c2ccccc2)CC1. The summed E-state index contributed by atoms with van der Waals surface area (Å²) in [6, 6.07) is 15.3. The number of anilines is 1. The number of sulfonamides is 1. The van der Waals surface area contributed by atoms with Gasteiger partial charge in [-0.15, -0.1) is 0 Å². The standard InChI is InChI=1S/C23H31N3O4S/c1-31(28,29)25-20-14-15-26(22-8-5-9-23(27)24-22)21(20)16-30-19-12-10-18(11-13-19)17-6-3-2-4-7-17/h2-9,18-21,25H,10-16H2,1H3,(H,24,27)/t18?,19?,20-,21-/m0/s1. The van der Waals surface area contributed by atoms with E-state index in [4.69, 9.17) is 4.74 Å². The lowest BCUT2D eigenvalue weighted by atomic mass is 9.83. The number of nitrogens with one attached hydrogen (secondary N) is 2. The molecule has 2 atom stereocenters. The monoisotopic (exact) mass is 445 g/mol. The average Bonchev–Trinajstić information content (AvgIpc) is 3.14. The fraction of sp³-hybridized carbons (Fsp3) is 0.522. The molecule has 1 saturated heterocycles. The first kappa shape index (κ1) is 22.0. The number of benzene rings is 1. The van der Waals surface area contributed by atoms with E-state index < -0.39 is 10.0 Å². The van der Waals surface area contributed by atoms with Crippen LogP contribution in [-0.2, 0) is 14.8 Å². The molecule has 0 amide bonds. The van der Waals surface area contributed by atoms with E-state index in [-0.39, 0.29) is 23.7 Å². The van der Waals surface area contributed by atoms with Crippen molar-refractivity contribution in [2.45, 2.75) is 56.2 Å². The highest BCUT2D eigenvalue weighted by atomic mass is 32.2. The summed E-state index contributed by atoms with van der Waals surface area (Å²) in [5.74, 6) is 1.28. The Balaban J connectivity index is 1.40. The molecule has 0 bridgehead atoms. The lowest BCUT2D eigenvalue weighted by molar-refractivity contribution is 0.0156. The van der Waals surface area contributed by atoms with Gasteiger partial charge in [0.1, 0.15) is 5.82 Å². The van der Waals surface area contributed by atoms with Crippen molar-refractivity contribution < 1.29 is 13.2 Å². The number of pyridine rings is 1. The van der Waals surface area contributed by atoms with Crippen LogP contribution in [0.1, 0.15) is 43.6 Å². The number of H-pyrrole nitrogens is 1. The topological polar surface area (TPSA) is 91.5 Å². The third-order valence-corrected chi connectivity index (χ3v) is 7.15. The van der Waals surface area contributed by atoms with Gasteiger partial charge in [-0.1, -0.05) is 36.4 Å². The zero-order valence-corrected chi connectivity index (χ0v) is 18.7. The largest absolute Gasteiger partial charge is 0.376 e. The van der Waals surface area contributed by atoms with Gasteiger partial charge in [0, 0.05) is 18.7 Å². The van der Waals surface area contributed by atoms with Crippen LogP contribution in [0.4, 0.5) is 5.82 Å². The molecule has 168 valence electrons. The summed E-state index contributed by atoms with van der Waals surface area (Å²) in [7, 11) is -3.34. The first-order chi connectivity index (χ1) is 14.9. The highest BCUT2D eigenvalue weighted by molar-refractivity contribution is 7.88. The molecule has 1 aromatic carbocycles. The normalized spacial score (nSPS) is 26.8. The third kappa shape index (κ3) is 5.75. The van der Waals surface area contributed by atoms with Gasteiger partial charge in [0.05, 0.1) is 25.0 Å². The number of hydrogen-bond donors (Lipinski definition) is 2.